The minimum absolute atomic E-state index is 0.192. The van der Waals surface area contributed by atoms with Crippen LogP contribution in [0.15, 0.2) is 24.5 Å². The lowest BCUT2D eigenvalue weighted by molar-refractivity contribution is -0.130. The number of alkyl halides is 4. The van der Waals surface area contributed by atoms with Crippen LogP contribution in [-0.4, -0.2) is 34.0 Å². The zero-order valence-electron chi connectivity index (χ0n) is 10.1. The first-order chi connectivity index (χ1) is 8.93. The normalized spacial score (nSPS) is 13.3. The SMILES string of the molecule is N#CCCN(Cc1cccnc1)CC(Br)C(F)(F)F. The van der Waals surface area contributed by atoms with Crippen molar-refractivity contribution in [2.24, 2.45) is 0 Å². The number of hydrogen-bond acceptors (Lipinski definition) is 3. The smallest absolute Gasteiger partial charge is 0.297 e. The number of hydrogen-bond donors (Lipinski definition) is 0. The third-order valence-corrected chi connectivity index (χ3v) is 3.25. The van der Waals surface area contributed by atoms with E-state index in [-0.39, 0.29) is 13.0 Å². The highest BCUT2D eigenvalue weighted by Crippen LogP contribution is 2.27. The topological polar surface area (TPSA) is 39.9 Å². The van der Waals surface area contributed by atoms with Crippen molar-refractivity contribution in [3.05, 3.63) is 30.1 Å². The van der Waals surface area contributed by atoms with Gasteiger partial charge in [0.05, 0.1) is 6.07 Å². The van der Waals surface area contributed by atoms with Crippen LogP contribution in [0, 0.1) is 11.3 Å². The highest BCUT2D eigenvalue weighted by Gasteiger charge is 2.38. The number of pyridine rings is 1. The van der Waals surface area contributed by atoms with Crippen molar-refractivity contribution < 1.29 is 13.2 Å². The van der Waals surface area contributed by atoms with Gasteiger partial charge in [0, 0.05) is 38.4 Å². The molecule has 1 heterocycles. The lowest BCUT2D eigenvalue weighted by atomic mass is 10.2. The molecule has 0 saturated heterocycles. The van der Waals surface area contributed by atoms with E-state index in [0.29, 0.717) is 13.1 Å². The molecule has 0 saturated carbocycles. The fraction of sp³-hybridized carbons (Fsp3) is 0.500. The third-order valence-electron chi connectivity index (χ3n) is 2.44. The van der Waals surface area contributed by atoms with Gasteiger partial charge in [-0.1, -0.05) is 22.0 Å². The summed E-state index contributed by atoms with van der Waals surface area (Å²) in [5, 5.41) is 8.55. The summed E-state index contributed by atoms with van der Waals surface area (Å²) in [7, 11) is 0. The molecular weight excluding hydrogens is 323 g/mol. The third kappa shape index (κ3) is 6.03. The monoisotopic (exact) mass is 335 g/mol. The molecule has 0 fully saturated rings. The van der Waals surface area contributed by atoms with Crippen LogP contribution < -0.4 is 0 Å². The van der Waals surface area contributed by atoms with E-state index in [9.17, 15) is 13.2 Å². The summed E-state index contributed by atoms with van der Waals surface area (Å²) in [6.07, 6.45) is -0.889. The molecule has 19 heavy (non-hydrogen) atoms. The van der Waals surface area contributed by atoms with Gasteiger partial charge in [0.1, 0.15) is 4.83 Å². The molecule has 104 valence electrons. The predicted molar refractivity (Wildman–Crippen MR) is 68.5 cm³/mol. The van der Waals surface area contributed by atoms with Crippen molar-refractivity contribution in [3.63, 3.8) is 0 Å². The molecule has 1 unspecified atom stereocenters. The standard InChI is InChI=1S/C12H13BrF3N3/c13-11(12(14,15)16)9-19(6-2-4-17)8-10-3-1-5-18-7-10/h1,3,5,7,11H,2,6,8-9H2. The molecule has 0 radical (unpaired) electrons. The molecule has 3 nitrogen and oxygen atoms in total. The second-order valence-corrected chi connectivity index (χ2v) is 5.12. The predicted octanol–water partition coefficient (Wildman–Crippen LogP) is 3.12. The summed E-state index contributed by atoms with van der Waals surface area (Å²) in [6, 6.07) is 5.47. The molecule has 0 aliphatic rings. The molecule has 1 aromatic heterocycles. The van der Waals surface area contributed by atoms with Crippen LogP contribution in [0.5, 0.6) is 0 Å². The summed E-state index contributed by atoms with van der Waals surface area (Å²) < 4.78 is 37.6. The molecule has 7 heteroatoms. The van der Waals surface area contributed by atoms with Crippen molar-refractivity contribution >= 4 is 15.9 Å². The van der Waals surface area contributed by atoms with E-state index < -0.39 is 11.0 Å². The van der Waals surface area contributed by atoms with Crippen LogP contribution in [0.2, 0.25) is 0 Å². The van der Waals surface area contributed by atoms with Crippen molar-refractivity contribution in [1.82, 2.24) is 9.88 Å². The molecule has 0 aliphatic carbocycles. The molecule has 1 atom stereocenters. The molecule has 1 rings (SSSR count). The van der Waals surface area contributed by atoms with Crippen LogP contribution in [0.3, 0.4) is 0 Å². The molecule has 0 amide bonds. The van der Waals surface area contributed by atoms with Gasteiger partial charge in [-0.15, -0.1) is 0 Å². The summed E-state index contributed by atoms with van der Waals surface area (Å²) in [5.74, 6) is 0. The molecule has 0 spiro atoms. The molecule has 1 aromatic rings. The number of rotatable bonds is 6. The Morgan fingerprint density at radius 3 is 2.74 bits per heavy atom. The Balaban J connectivity index is 2.64. The van der Waals surface area contributed by atoms with Gasteiger partial charge in [-0.2, -0.15) is 18.4 Å². The Labute approximate surface area is 118 Å². The van der Waals surface area contributed by atoms with E-state index in [1.807, 2.05) is 6.07 Å². The minimum atomic E-state index is -4.29. The van der Waals surface area contributed by atoms with Gasteiger partial charge in [0.2, 0.25) is 0 Å². The van der Waals surface area contributed by atoms with Crippen molar-refractivity contribution in [2.75, 3.05) is 13.1 Å². The van der Waals surface area contributed by atoms with Gasteiger partial charge in [-0.05, 0) is 11.6 Å². The van der Waals surface area contributed by atoms with E-state index in [2.05, 4.69) is 20.9 Å². The number of nitrogens with zero attached hydrogens (tertiary/aromatic N) is 3. The van der Waals surface area contributed by atoms with Crippen LogP contribution in [0.25, 0.3) is 0 Å². The second kappa shape index (κ2) is 7.46. The van der Waals surface area contributed by atoms with Crippen LogP contribution >= 0.6 is 15.9 Å². The minimum Gasteiger partial charge on any atom is -0.297 e. The first-order valence-corrected chi connectivity index (χ1v) is 6.54. The first-order valence-electron chi connectivity index (χ1n) is 5.62. The first kappa shape index (κ1) is 15.9. The highest BCUT2D eigenvalue weighted by atomic mass is 79.9. The van der Waals surface area contributed by atoms with Gasteiger partial charge in [0.25, 0.3) is 0 Å². The largest absolute Gasteiger partial charge is 0.402 e. The maximum atomic E-state index is 12.5. The quantitative estimate of drug-likeness (QED) is 0.750. The average molecular weight is 336 g/mol. The maximum Gasteiger partial charge on any atom is 0.402 e. The second-order valence-electron chi connectivity index (χ2n) is 4.01. The lowest BCUT2D eigenvalue weighted by Crippen LogP contribution is -2.37. The Kier molecular flexibility index (Phi) is 6.25. The summed E-state index contributed by atoms with van der Waals surface area (Å²) in [6.45, 7) is 0.442. The Morgan fingerprint density at radius 1 is 1.47 bits per heavy atom. The van der Waals surface area contributed by atoms with Crippen molar-refractivity contribution in [1.29, 1.82) is 5.26 Å². The maximum absolute atomic E-state index is 12.5. The highest BCUT2D eigenvalue weighted by molar-refractivity contribution is 9.09. The van der Waals surface area contributed by atoms with Gasteiger partial charge in [-0.25, -0.2) is 0 Å². The van der Waals surface area contributed by atoms with Crippen LogP contribution in [-0.2, 0) is 6.54 Å². The molecule has 0 aromatic carbocycles. The molecular formula is C12H13BrF3N3. The van der Waals surface area contributed by atoms with Crippen LogP contribution in [0.1, 0.15) is 12.0 Å². The Bertz CT molecular complexity index is 416. The van der Waals surface area contributed by atoms with Crippen LogP contribution in [0.4, 0.5) is 13.2 Å². The lowest BCUT2D eigenvalue weighted by Gasteiger charge is -2.25. The fourth-order valence-electron chi connectivity index (χ4n) is 1.52. The summed E-state index contributed by atoms with van der Waals surface area (Å²) >= 11 is 2.64. The summed E-state index contributed by atoms with van der Waals surface area (Å²) in [5.41, 5.74) is 0.822. The van der Waals surface area contributed by atoms with Crippen molar-refractivity contribution in [3.8, 4) is 6.07 Å². The van der Waals surface area contributed by atoms with Gasteiger partial charge < -0.3 is 0 Å². The van der Waals surface area contributed by atoms with E-state index in [1.165, 1.54) is 0 Å². The van der Waals surface area contributed by atoms with Crippen molar-refractivity contribution in [2.45, 2.75) is 24.0 Å². The van der Waals surface area contributed by atoms with E-state index in [1.54, 1.807) is 29.4 Å². The Hall–Kier alpha value is -1.13. The molecule has 0 aliphatic heterocycles. The zero-order valence-corrected chi connectivity index (χ0v) is 11.7. The number of nitriles is 1. The van der Waals surface area contributed by atoms with E-state index in [0.717, 1.165) is 5.56 Å². The fourth-order valence-corrected chi connectivity index (χ4v) is 1.93. The van der Waals surface area contributed by atoms with Gasteiger partial charge >= 0.3 is 6.18 Å². The molecule has 0 N–H and O–H groups in total. The summed E-state index contributed by atoms with van der Waals surface area (Å²) in [4.78, 5) is 3.91. The average Bonchev–Trinajstić information content (AvgIpc) is 2.36. The van der Waals surface area contributed by atoms with E-state index >= 15 is 0 Å². The van der Waals surface area contributed by atoms with Gasteiger partial charge in [-0.3, -0.25) is 9.88 Å². The Morgan fingerprint density at radius 2 is 2.21 bits per heavy atom. The number of halogens is 4. The van der Waals surface area contributed by atoms with E-state index in [4.69, 9.17) is 5.26 Å². The molecule has 0 bridgehead atoms. The zero-order chi connectivity index (χ0) is 14.3. The van der Waals surface area contributed by atoms with Gasteiger partial charge in [0.15, 0.2) is 0 Å². The number of aromatic nitrogens is 1.